The lowest BCUT2D eigenvalue weighted by atomic mass is 10.0. The Kier molecular flexibility index (Phi) is 5.71. The Balaban J connectivity index is 2.69. The minimum atomic E-state index is -0.874. The molecular weight excluding hydrogens is 240 g/mol. The molecule has 5 heteroatoms. The van der Waals surface area contributed by atoms with Crippen molar-refractivity contribution in [2.75, 3.05) is 13.7 Å². The van der Waals surface area contributed by atoms with Crippen molar-refractivity contribution in [3.8, 4) is 0 Å². The molecule has 18 heavy (non-hydrogen) atoms. The SMILES string of the molecule is CCNC(CC(=O)OC)Cc1ccc(F)c(F)c1. The molecule has 0 amide bonds. The molecule has 0 saturated heterocycles. The minimum absolute atomic E-state index is 0.146. The van der Waals surface area contributed by atoms with Gasteiger partial charge in [0.25, 0.3) is 0 Å². The summed E-state index contributed by atoms with van der Waals surface area (Å²) in [6.07, 6.45) is 0.642. The Hall–Kier alpha value is -1.49. The highest BCUT2D eigenvalue weighted by atomic mass is 19.2. The molecule has 1 unspecified atom stereocenters. The zero-order chi connectivity index (χ0) is 13.5. The van der Waals surface area contributed by atoms with Crippen molar-refractivity contribution in [3.63, 3.8) is 0 Å². The first-order valence-corrected chi connectivity index (χ1v) is 5.81. The second-order valence-corrected chi connectivity index (χ2v) is 3.99. The summed E-state index contributed by atoms with van der Waals surface area (Å²) in [5.41, 5.74) is 0.642. The molecule has 1 rings (SSSR count). The van der Waals surface area contributed by atoms with Gasteiger partial charge in [-0.25, -0.2) is 8.78 Å². The molecule has 0 aliphatic rings. The van der Waals surface area contributed by atoms with Crippen LogP contribution < -0.4 is 5.32 Å². The topological polar surface area (TPSA) is 38.3 Å². The van der Waals surface area contributed by atoms with Crippen molar-refractivity contribution in [2.24, 2.45) is 0 Å². The monoisotopic (exact) mass is 257 g/mol. The van der Waals surface area contributed by atoms with Crippen LogP contribution in [0.25, 0.3) is 0 Å². The van der Waals surface area contributed by atoms with Gasteiger partial charge in [0, 0.05) is 6.04 Å². The van der Waals surface area contributed by atoms with Crippen molar-refractivity contribution in [1.82, 2.24) is 5.32 Å². The first-order valence-electron chi connectivity index (χ1n) is 5.81. The average Bonchev–Trinajstić information content (AvgIpc) is 2.34. The number of nitrogens with one attached hydrogen (secondary N) is 1. The Labute approximate surface area is 105 Å². The predicted octanol–water partition coefficient (Wildman–Crippen LogP) is 2.05. The number of carbonyl (C=O) groups excluding carboxylic acids is 1. The third kappa shape index (κ3) is 4.41. The largest absolute Gasteiger partial charge is 0.469 e. The lowest BCUT2D eigenvalue weighted by Gasteiger charge is -2.16. The molecule has 100 valence electrons. The van der Waals surface area contributed by atoms with Crippen molar-refractivity contribution in [3.05, 3.63) is 35.4 Å². The van der Waals surface area contributed by atoms with Crippen molar-refractivity contribution in [2.45, 2.75) is 25.8 Å². The first-order chi connectivity index (χ1) is 8.56. The number of benzene rings is 1. The maximum atomic E-state index is 13.1. The average molecular weight is 257 g/mol. The van der Waals surface area contributed by atoms with Crippen molar-refractivity contribution >= 4 is 5.97 Å². The fourth-order valence-electron chi connectivity index (χ4n) is 1.74. The summed E-state index contributed by atoms with van der Waals surface area (Å²) in [6, 6.07) is 3.61. The molecule has 0 aliphatic carbocycles. The summed E-state index contributed by atoms with van der Waals surface area (Å²) in [5, 5.41) is 3.11. The molecule has 1 atom stereocenters. The second-order valence-electron chi connectivity index (χ2n) is 3.99. The van der Waals surface area contributed by atoms with E-state index < -0.39 is 11.6 Å². The molecule has 3 nitrogen and oxygen atoms in total. The number of esters is 1. The van der Waals surface area contributed by atoms with Crippen LogP contribution in [0.15, 0.2) is 18.2 Å². The molecule has 0 bridgehead atoms. The maximum Gasteiger partial charge on any atom is 0.307 e. The van der Waals surface area contributed by atoms with Gasteiger partial charge in [0.2, 0.25) is 0 Å². The Morgan fingerprint density at radius 3 is 2.67 bits per heavy atom. The number of halogens is 2. The molecule has 0 aliphatic heterocycles. The molecule has 0 saturated carbocycles. The van der Waals surface area contributed by atoms with Crippen LogP contribution in [0.2, 0.25) is 0 Å². The third-order valence-electron chi connectivity index (χ3n) is 2.60. The van der Waals surface area contributed by atoms with Gasteiger partial charge in [-0.15, -0.1) is 0 Å². The highest BCUT2D eigenvalue weighted by molar-refractivity contribution is 5.69. The first kappa shape index (κ1) is 14.6. The van der Waals surface area contributed by atoms with E-state index in [9.17, 15) is 13.6 Å². The van der Waals surface area contributed by atoms with Crippen LogP contribution in [0.1, 0.15) is 18.9 Å². The standard InChI is InChI=1S/C13H17F2NO2/c1-3-16-10(8-13(17)18-2)6-9-4-5-11(14)12(15)7-9/h4-5,7,10,16H,3,6,8H2,1-2H3. The van der Waals surface area contributed by atoms with E-state index in [1.165, 1.54) is 13.2 Å². The summed E-state index contributed by atoms with van der Waals surface area (Å²) in [4.78, 5) is 11.2. The van der Waals surface area contributed by atoms with Gasteiger partial charge in [-0.3, -0.25) is 4.79 Å². The van der Waals surface area contributed by atoms with E-state index in [0.717, 1.165) is 12.1 Å². The van der Waals surface area contributed by atoms with E-state index in [-0.39, 0.29) is 18.4 Å². The number of likely N-dealkylation sites (N-methyl/N-ethyl adjacent to an activating group) is 1. The molecule has 0 radical (unpaired) electrons. The van der Waals surface area contributed by atoms with E-state index in [0.29, 0.717) is 18.5 Å². The summed E-state index contributed by atoms with van der Waals surface area (Å²) in [6.45, 7) is 2.60. The predicted molar refractivity (Wildman–Crippen MR) is 64.2 cm³/mol. The number of rotatable bonds is 6. The van der Waals surface area contributed by atoms with Gasteiger partial charge in [0.1, 0.15) is 0 Å². The Morgan fingerprint density at radius 1 is 1.39 bits per heavy atom. The van der Waals surface area contributed by atoms with Gasteiger partial charge in [-0.2, -0.15) is 0 Å². The number of methoxy groups -OCH3 is 1. The summed E-state index contributed by atoms with van der Waals surface area (Å²) >= 11 is 0. The molecule has 1 aromatic carbocycles. The molecule has 1 N–H and O–H groups in total. The molecular formula is C13H17F2NO2. The summed E-state index contributed by atoms with van der Waals surface area (Å²) < 4.78 is 30.4. The van der Waals surface area contributed by atoms with Crippen molar-refractivity contribution in [1.29, 1.82) is 0 Å². The van der Waals surface area contributed by atoms with Gasteiger partial charge in [-0.1, -0.05) is 13.0 Å². The van der Waals surface area contributed by atoms with Crippen LogP contribution in [0.3, 0.4) is 0 Å². The number of carbonyl (C=O) groups is 1. The lowest BCUT2D eigenvalue weighted by molar-refractivity contribution is -0.141. The fourth-order valence-corrected chi connectivity index (χ4v) is 1.74. The molecule has 0 fully saturated rings. The molecule has 0 spiro atoms. The quantitative estimate of drug-likeness (QED) is 0.793. The van der Waals surface area contributed by atoms with Crippen LogP contribution >= 0.6 is 0 Å². The molecule has 0 heterocycles. The number of hydrogen-bond acceptors (Lipinski definition) is 3. The van der Waals surface area contributed by atoms with Gasteiger partial charge in [0.05, 0.1) is 13.5 Å². The number of hydrogen-bond donors (Lipinski definition) is 1. The summed E-state index contributed by atoms with van der Waals surface area (Å²) in [7, 11) is 1.32. The van der Waals surface area contributed by atoms with Gasteiger partial charge >= 0.3 is 5.97 Å². The Morgan fingerprint density at radius 2 is 2.11 bits per heavy atom. The Bertz CT molecular complexity index is 410. The smallest absolute Gasteiger partial charge is 0.307 e. The van der Waals surface area contributed by atoms with Gasteiger partial charge < -0.3 is 10.1 Å². The van der Waals surface area contributed by atoms with Crippen LogP contribution in [-0.4, -0.2) is 25.7 Å². The molecule has 1 aromatic rings. The van der Waals surface area contributed by atoms with Crippen LogP contribution in [0.4, 0.5) is 8.78 Å². The van der Waals surface area contributed by atoms with Crippen molar-refractivity contribution < 1.29 is 18.3 Å². The number of ether oxygens (including phenoxy) is 1. The van der Waals surface area contributed by atoms with Gasteiger partial charge in [-0.05, 0) is 30.7 Å². The van der Waals surface area contributed by atoms with E-state index in [1.807, 2.05) is 6.92 Å². The molecule has 0 aromatic heterocycles. The van der Waals surface area contributed by atoms with E-state index in [2.05, 4.69) is 10.1 Å². The van der Waals surface area contributed by atoms with Gasteiger partial charge in [0.15, 0.2) is 11.6 Å². The van der Waals surface area contributed by atoms with E-state index >= 15 is 0 Å². The third-order valence-corrected chi connectivity index (χ3v) is 2.60. The van der Waals surface area contributed by atoms with Crippen LogP contribution in [0.5, 0.6) is 0 Å². The minimum Gasteiger partial charge on any atom is -0.469 e. The second kappa shape index (κ2) is 7.06. The van der Waals surface area contributed by atoms with Crippen LogP contribution in [-0.2, 0) is 16.0 Å². The normalized spacial score (nSPS) is 12.2. The zero-order valence-electron chi connectivity index (χ0n) is 10.5. The van der Waals surface area contributed by atoms with E-state index in [4.69, 9.17) is 0 Å². The summed E-state index contributed by atoms with van der Waals surface area (Å²) in [5.74, 6) is -2.07. The zero-order valence-corrected chi connectivity index (χ0v) is 10.5. The van der Waals surface area contributed by atoms with E-state index in [1.54, 1.807) is 0 Å². The highest BCUT2D eigenvalue weighted by Crippen LogP contribution is 2.12. The highest BCUT2D eigenvalue weighted by Gasteiger charge is 2.14. The fraction of sp³-hybridized carbons (Fsp3) is 0.462. The lowest BCUT2D eigenvalue weighted by Crippen LogP contribution is -2.33. The maximum absolute atomic E-state index is 13.1. The van der Waals surface area contributed by atoms with Crippen LogP contribution in [0, 0.1) is 11.6 Å².